The summed E-state index contributed by atoms with van der Waals surface area (Å²) in [4.78, 5) is 10.2. The summed E-state index contributed by atoms with van der Waals surface area (Å²) >= 11 is 0. The van der Waals surface area contributed by atoms with E-state index in [0.29, 0.717) is 24.5 Å². The zero-order valence-corrected chi connectivity index (χ0v) is 10.4. The summed E-state index contributed by atoms with van der Waals surface area (Å²) in [5, 5.41) is 11.8. The van der Waals surface area contributed by atoms with Gasteiger partial charge >= 0.3 is 0 Å². The van der Waals surface area contributed by atoms with Crippen molar-refractivity contribution in [2.75, 3.05) is 18.0 Å². The monoisotopic (exact) mass is 251 g/mol. The second-order valence-electron chi connectivity index (χ2n) is 4.41. The maximum atomic E-state index is 8.78. The van der Waals surface area contributed by atoms with Crippen molar-refractivity contribution in [3.63, 3.8) is 0 Å². The lowest BCUT2D eigenvalue weighted by molar-refractivity contribution is -0.00547. The van der Waals surface area contributed by atoms with E-state index in [1.807, 2.05) is 13.8 Å². The number of morpholine rings is 1. The minimum Gasteiger partial charge on any atom is -0.409 e. The molecule has 1 aromatic rings. The molecule has 2 heterocycles. The van der Waals surface area contributed by atoms with Crippen LogP contribution in [0.15, 0.2) is 17.7 Å². The third-order valence-corrected chi connectivity index (χ3v) is 2.79. The first-order valence-electron chi connectivity index (χ1n) is 5.80. The fourth-order valence-electron chi connectivity index (χ4n) is 2.16. The van der Waals surface area contributed by atoms with E-state index in [-0.39, 0.29) is 18.0 Å². The van der Waals surface area contributed by atoms with Gasteiger partial charge in [0.1, 0.15) is 12.1 Å². The molecule has 0 radical (unpaired) electrons. The molecular formula is C11H17N5O2. The van der Waals surface area contributed by atoms with Crippen LogP contribution in [-0.2, 0) is 4.74 Å². The van der Waals surface area contributed by atoms with Gasteiger partial charge in [0, 0.05) is 19.3 Å². The zero-order valence-electron chi connectivity index (χ0n) is 10.4. The lowest BCUT2D eigenvalue weighted by Crippen LogP contribution is -2.46. The highest BCUT2D eigenvalue weighted by molar-refractivity contribution is 6.01. The third-order valence-electron chi connectivity index (χ3n) is 2.79. The van der Waals surface area contributed by atoms with Crippen LogP contribution in [0.4, 0.5) is 5.82 Å². The Balaban J connectivity index is 2.32. The average Bonchev–Trinajstić information content (AvgIpc) is 2.36. The van der Waals surface area contributed by atoms with Gasteiger partial charge < -0.3 is 20.6 Å². The van der Waals surface area contributed by atoms with Gasteiger partial charge in [0.25, 0.3) is 0 Å². The predicted octanol–water partition coefficient (Wildman–Crippen LogP) is 0.185. The van der Waals surface area contributed by atoms with Crippen molar-refractivity contribution < 1.29 is 9.94 Å². The first-order chi connectivity index (χ1) is 8.61. The van der Waals surface area contributed by atoms with Crippen molar-refractivity contribution in [3.05, 3.63) is 18.1 Å². The minimum absolute atomic E-state index is 0.0115. The topological polar surface area (TPSA) is 96.9 Å². The van der Waals surface area contributed by atoms with Gasteiger partial charge in [0.15, 0.2) is 5.84 Å². The van der Waals surface area contributed by atoms with Crippen molar-refractivity contribution in [1.29, 1.82) is 0 Å². The van der Waals surface area contributed by atoms with E-state index in [1.165, 1.54) is 6.33 Å². The Labute approximate surface area is 105 Å². The van der Waals surface area contributed by atoms with Crippen LogP contribution in [-0.4, -0.2) is 46.3 Å². The molecule has 0 spiro atoms. The van der Waals surface area contributed by atoms with Crippen molar-refractivity contribution in [3.8, 4) is 0 Å². The normalized spacial score (nSPS) is 25.2. The maximum absolute atomic E-state index is 8.78. The number of rotatable bonds is 2. The lowest BCUT2D eigenvalue weighted by Gasteiger charge is -2.36. The zero-order chi connectivity index (χ0) is 13.1. The largest absolute Gasteiger partial charge is 0.409 e. The molecule has 1 aliphatic rings. The summed E-state index contributed by atoms with van der Waals surface area (Å²) in [5.41, 5.74) is 6.16. The minimum atomic E-state index is 0.0115. The Kier molecular flexibility index (Phi) is 3.61. The summed E-state index contributed by atoms with van der Waals surface area (Å²) in [6, 6.07) is 0. The first kappa shape index (κ1) is 12.6. The van der Waals surface area contributed by atoms with Gasteiger partial charge in [0.05, 0.1) is 17.8 Å². The fraction of sp³-hybridized carbons (Fsp3) is 0.545. The van der Waals surface area contributed by atoms with Gasteiger partial charge in [-0.2, -0.15) is 0 Å². The number of nitrogens with two attached hydrogens (primary N) is 1. The van der Waals surface area contributed by atoms with Crippen LogP contribution < -0.4 is 10.6 Å². The molecule has 7 nitrogen and oxygen atoms in total. The molecular weight excluding hydrogens is 234 g/mol. The Morgan fingerprint density at radius 2 is 2.17 bits per heavy atom. The second kappa shape index (κ2) is 5.18. The van der Waals surface area contributed by atoms with Crippen LogP contribution in [0.5, 0.6) is 0 Å². The summed E-state index contributed by atoms with van der Waals surface area (Å²) in [6.07, 6.45) is 3.23. The molecule has 0 saturated carbocycles. The molecule has 2 rings (SSSR count). The lowest BCUT2D eigenvalue weighted by atomic mass is 10.2. The molecule has 0 bridgehead atoms. The number of hydrogen-bond donors (Lipinski definition) is 2. The molecule has 2 atom stereocenters. The number of amidine groups is 1. The highest BCUT2D eigenvalue weighted by Gasteiger charge is 2.25. The molecule has 0 aliphatic carbocycles. The fourth-order valence-corrected chi connectivity index (χ4v) is 2.16. The summed E-state index contributed by atoms with van der Waals surface area (Å²) in [5.74, 6) is 0.680. The smallest absolute Gasteiger partial charge is 0.175 e. The van der Waals surface area contributed by atoms with Crippen molar-refractivity contribution in [1.82, 2.24) is 9.97 Å². The molecule has 0 amide bonds. The summed E-state index contributed by atoms with van der Waals surface area (Å²) < 4.78 is 5.67. The number of aromatic nitrogens is 2. The van der Waals surface area contributed by atoms with Gasteiger partial charge in [-0.25, -0.2) is 9.97 Å². The van der Waals surface area contributed by atoms with Crippen molar-refractivity contribution in [2.24, 2.45) is 10.9 Å². The first-order valence-corrected chi connectivity index (χ1v) is 5.80. The van der Waals surface area contributed by atoms with Gasteiger partial charge in [-0.15, -0.1) is 0 Å². The number of hydrogen-bond acceptors (Lipinski definition) is 6. The number of ether oxygens (including phenoxy) is 1. The Hall–Kier alpha value is -1.89. The maximum Gasteiger partial charge on any atom is 0.175 e. The molecule has 0 unspecified atom stereocenters. The Morgan fingerprint density at radius 3 is 2.78 bits per heavy atom. The molecule has 7 heteroatoms. The van der Waals surface area contributed by atoms with Crippen LogP contribution in [0.25, 0.3) is 0 Å². The molecule has 98 valence electrons. The molecule has 1 aliphatic heterocycles. The van der Waals surface area contributed by atoms with E-state index in [0.717, 1.165) is 0 Å². The number of nitrogens with zero attached hydrogens (tertiary/aromatic N) is 4. The van der Waals surface area contributed by atoms with Gasteiger partial charge in [-0.1, -0.05) is 5.16 Å². The standard InChI is InChI=1S/C11H17N5O2/c1-7-4-16(5-8(2)18-7)11-9(10(12)15-17)3-13-6-14-11/h3,6-8,17H,4-5H2,1-2H3,(H2,12,15)/t7-,8+. The van der Waals surface area contributed by atoms with Crippen LogP contribution in [0, 0.1) is 0 Å². The Morgan fingerprint density at radius 1 is 1.50 bits per heavy atom. The van der Waals surface area contributed by atoms with Crippen LogP contribution in [0.2, 0.25) is 0 Å². The van der Waals surface area contributed by atoms with E-state index in [1.54, 1.807) is 6.20 Å². The van der Waals surface area contributed by atoms with E-state index < -0.39 is 0 Å². The quantitative estimate of drug-likeness (QED) is 0.337. The van der Waals surface area contributed by atoms with E-state index >= 15 is 0 Å². The molecule has 0 aromatic carbocycles. The molecule has 18 heavy (non-hydrogen) atoms. The van der Waals surface area contributed by atoms with Gasteiger partial charge in [-0.3, -0.25) is 0 Å². The summed E-state index contributed by atoms with van der Waals surface area (Å²) in [7, 11) is 0. The average molecular weight is 251 g/mol. The van der Waals surface area contributed by atoms with Crippen LogP contribution >= 0.6 is 0 Å². The van der Waals surface area contributed by atoms with Crippen LogP contribution in [0.1, 0.15) is 19.4 Å². The predicted molar refractivity (Wildman–Crippen MR) is 66.8 cm³/mol. The Bertz CT molecular complexity index is 441. The second-order valence-corrected chi connectivity index (χ2v) is 4.41. The van der Waals surface area contributed by atoms with Gasteiger partial charge in [0.2, 0.25) is 0 Å². The molecule has 1 fully saturated rings. The van der Waals surface area contributed by atoms with Gasteiger partial charge in [-0.05, 0) is 13.8 Å². The van der Waals surface area contributed by atoms with E-state index in [4.69, 9.17) is 15.7 Å². The molecule has 3 N–H and O–H groups in total. The molecule has 1 aromatic heterocycles. The van der Waals surface area contributed by atoms with Crippen molar-refractivity contribution >= 4 is 11.7 Å². The summed E-state index contributed by atoms with van der Waals surface area (Å²) in [6.45, 7) is 5.44. The van der Waals surface area contributed by atoms with Crippen molar-refractivity contribution in [2.45, 2.75) is 26.1 Å². The number of anilines is 1. The third kappa shape index (κ3) is 2.51. The number of oxime groups is 1. The SMILES string of the molecule is C[C@@H]1CN(c2ncncc2C(N)=NO)C[C@H](C)O1. The van der Waals surface area contributed by atoms with Crippen LogP contribution in [0.3, 0.4) is 0 Å². The highest BCUT2D eigenvalue weighted by Crippen LogP contribution is 2.21. The van der Waals surface area contributed by atoms with E-state index in [2.05, 4.69) is 20.0 Å². The van der Waals surface area contributed by atoms with E-state index in [9.17, 15) is 0 Å². The highest BCUT2D eigenvalue weighted by atomic mass is 16.5. The molecule has 1 saturated heterocycles.